The van der Waals surface area contributed by atoms with Gasteiger partial charge >= 0.3 is 0 Å². The minimum absolute atomic E-state index is 0.0475. The number of carbonyl (C=O) groups excluding carboxylic acids is 1. The van der Waals surface area contributed by atoms with E-state index < -0.39 is 0 Å². The fraction of sp³-hybridized carbons (Fsp3) is 0.385. The number of nitrogens with zero attached hydrogens (tertiary/aromatic N) is 1. The van der Waals surface area contributed by atoms with Crippen LogP contribution in [0.2, 0.25) is 0 Å². The quantitative estimate of drug-likeness (QED) is 0.837. The highest BCUT2D eigenvalue weighted by molar-refractivity contribution is 9.11. The summed E-state index contributed by atoms with van der Waals surface area (Å²) in [6.45, 7) is 4.40. The third-order valence-corrected chi connectivity index (χ3v) is 5.33. The first-order valence-corrected chi connectivity index (χ1v) is 8.83. The lowest BCUT2D eigenvalue weighted by molar-refractivity contribution is -0.118. The van der Waals surface area contributed by atoms with E-state index in [0.29, 0.717) is 12.3 Å². The molecule has 0 unspecified atom stereocenters. The van der Waals surface area contributed by atoms with Crippen molar-refractivity contribution in [3.8, 4) is 0 Å². The Balaban J connectivity index is 1.70. The molecular weight excluding hydrogens is 360 g/mol. The Morgan fingerprint density at radius 2 is 2.30 bits per heavy atom. The highest BCUT2D eigenvalue weighted by atomic mass is 79.9. The molecule has 0 aliphatic carbocycles. The maximum atomic E-state index is 11.7. The summed E-state index contributed by atoms with van der Waals surface area (Å²) in [4.78, 5) is 12.9. The van der Waals surface area contributed by atoms with Gasteiger partial charge in [-0.2, -0.15) is 0 Å². The number of halogens is 1. The van der Waals surface area contributed by atoms with Crippen LogP contribution in [0, 0.1) is 13.8 Å². The Morgan fingerprint density at radius 1 is 1.50 bits per heavy atom. The number of aromatic nitrogens is 1. The molecule has 2 aromatic heterocycles. The lowest BCUT2D eigenvalue weighted by atomic mass is 10.2. The van der Waals surface area contributed by atoms with E-state index in [-0.39, 0.29) is 5.91 Å². The summed E-state index contributed by atoms with van der Waals surface area (Å²) in [5, 5.41) is 6.81. The van der Waals surface area contributed by atoms with E-state index in [1.807, 2.05) is 26.0 Å². The average Bonchev–Trinajstić information content (AvgIpc) is 2.96. The van der Waals surface area contributed by atoms with Gasteiger partial charge in [0.1, 0.15) is 5.76 Å². The second-order valence-electron chi connectivity index (χ2n) is 4.28. The first-order chi connectivity index (χ1) is 9.56. The van der Waals surface area contributed by atoms with E-state index in [1.54, 1.807) is 23.1 Å². The van der Waals surface area contributed by atoms with Gasteiger partial charge in [0.2, 0.25) is 5.91 Å². The summed E-state index contributed by atoms with van der Waals surface area (Å²) in [6.07, 6.45) is 0. The predicted molar refractivity (Wildman–Crippen MR) is 86.0 cm³/mol. The molecule has 0 fully saturated rings. The molecule has 2 heterocycles. The lowest BCUT2D eigenvalue weighted by Gasteiger charge is -2.03. The van der Waals surface area contributed by atoms with Gasteiger partial charge in [0.25, 0.3) is 0 Å². The third kappa shape index (κ3) is 4.36. The lowest BCUT2D eigenvalue weighted by Crippen LogP contribution is -2.24. The maximum Gasteiger partial charge on any atom is 0.230 e. The monoisotopic (exact) mass is 374 g/mol. The highest BCUT2D eigenvalue weighted by Crippen LogP contribution is 2.22. The number of hydrogen-bond acceptors (Lipinski definition) is 5. The van der Waals surface area contributed by atoms with Crippen LogP contribution >= 0.6 is 39.0 Å². The molecule has 0 aliphatic heterocycles. The Hall–Kier alpha value is -0.790. The number of carbonyl (C=O) groups is 1. The van der Waals surface area contributed by atoms with Crippen LogP contribution in [0.1, 0.15) is 21.9 Å². The fourth-order valence-electron chi connectivity index (χ4n) is 1.64. The summed E-state index contributed by atoms with van der Waals surface area (Å²) in [5.74, 6) is 2.07. The standard InChI is InChI=1S/C13H15BrN2O2S2/c1-8-11(9(2)18-16-8)6-19-7-13(17)15-5-10-3-4-12(14)20-10/h3-4H,5-7H2,1-2H3,(H,15,17). The number of amides is 1. The zero-order chi connectivity index (χ0) is 14.5. The average molecular weight is 375 g/mol. The van der Waals surface area contributed by atoms with Crippen molar-refractivity contribution < 1.29 is 9.32 Å². The summed E-state index contributed by atoms with van der Waals surface area (Å²) in [5.41, 5.74) is 1.99. The number of thiophene rings is 1. The van der Waals surface area contributed by atoms with Crippen LogP contribution in [0.3, 0.4) is 0 Å². The number of rotatable bonds is 6. The molecule has 4 nitrogen and oxygen atoms in total. The van der Waals surface area contributed by atoms with Crippen LogP contribution in [-0.4, -0.2) is 16.8 Å². The van der Waals surface area contributed by atoms with Gasteiger partial charge < -0.3 is 9.84 Å². The Morgan fingerprint density at radius 3 is 2.90 bits per heavy atom. The topological polar surface area (TPSA) is 55.1 Å². The third-order valence-electron chi connectivity index (χ3n) is 2.75. The van der Waals surface area contributed by atoms with Crippen molar-refractivity contribution in [2.24, 2.45) is 0 Å². The molecule has 1 amide bonds. The van der Waals surface area contributed by atoms with E-state index in [4.69, 9.17) is 4.52 Å². The molecule has 0 bridgehead atoms. The van der Waals surface area contributed by atoms with Gasteiger partial charge in [0, 0.05) is 16.2 Å². The van der Waals surface area contributed by atoms with Crippen molar-refractivity contribution in [2.45, 2.75) is 26.1 Å². The van der Waals surface area contributed by atoms with Crippen LogP contribution in [0.5, 0.6) is 0 Å². The second-order valence-corrected chi connectivity index (χ2v) is 7.81. The van der Waals surface area contributed by atoms with E-state index in [9.17, 15) is 4.79 Å². The number of thioether (sulfide) groups is 1. The highest BCUT2D eigenvalue weighted by Gasteiger charge is 2.10. The number of aryl methyl sites for hydroxylation is 2. The van der Waals surface area contributed by atoms with Crippen LogP contribution in [-0.2, 0) is 17.1 Å². The Labute approximate surface area is 134 Å². The van der Waals surface area contributed by atoms with Crippen molar-refractivity contribution in [3.63, 3.8) is 0 Å². The first-order valence-electron chi connectivity index (χ1n) is 6.06. The molecule has 20 heavy (non-hydrogen) atoms. The van der Waals surface area contributed by atoms with Crippen molar-refractivity contribution >= 4 is 44.9 Å². The van der Waals surface area contributed by atoms with Crippen LogP contribution in [0.25, 0.3) is 0 Å². The van der Waals surface area contributed by atoms with Gasteiger partial charge in [0.15, 0.2) is 0 Å². The number of nitrogens with one attached hydrogen (secondary N) is 1. The van der Waals surface area contributed by atoms with E-state index in [1.165, 1.54) is 0 Å². The van der Waals surface area contributed by atoms with Gasteiger partial charge in [-0.3, -0.25) is 4.79 Å². The molecular formula is C13H15BrN2O2S2. The van der Waals surface area contributed by atoms with Crippen LogP contribution in [0.4, 0.5) is 0 Å². The van der Waals surface area contributed by atoms with E-state index in [2.05, 4.69) is 26.4 Å². The van der Waals surface area contributed by atoms with Crippen LogP contribution < -0.4 is 5.32 Å². The predicted octanol–water partition coefficient (Wildman–Crippen LogP) is 3.67. The zero-order valence-corrected chi connectivity index (χ0v) is 14.5. The van der Waals surface area contributed by atoms with Crippen molar-refractivity contribution in [1.82, 2.24) is 10.5 Å². The van der Waals surface area contributed by atoms with E-state index in [0.717, 1.165) is 31.4 Å². The Bertz CT molecular complexity index is 575. The minimum atomic E-state index is 0.0475. The summed E-state index contributed by atoms with van der Waals surface area (Å²) in [7, 11) is 0. The zero-order valence-electron chi connectivity index (χ0n) is 11.2. The summed E-state index contributed by atoms with van der Waals surface area (Å²) in [6, 6.07) is 3.99. The van der Waals surface area contributed by atoms with Gasteiger partial charge in [-0.25, -0.2) is 0 Å². The van der Waals surface area contributed by atoms with Crippen LogP contribution in [0.15, 0.2) is 20.4 Å². The molecule has 108 valence electrons. The fourth-order valence-corrected chi connectivity index (χ4v) is 4.07. The SMILES string of the molecule is Cc1noc(C)c1CSCC(=O)NCc1ccc(Br)s1. The Kier molecular flexibility index (Phi) is 5.68. The normalized spacial score (nSPS) is 10.8. The van der Waals surface area contributed by atoms with E-state index >= 15 is 0 Å². The van der Waals surface area contributed by atoms with Crippen molar-refractivity contribution in [3.05, 3.63) is 37.8 Å². The molecule has 0 aromatic carbocycles. The molecule has 0 spiro atoms. The molecule has 0 aliphatic rings. The molecule has 1 N–H and O–H groups in total. The molecule has 0 atom stereocenters. The summed E-state index contributed by atoms with van der Waals surface area (Å²) >= 11 is 6.60. The summed E-state index contributed by atoms with van der Waals surface area (Å²) < 4.78 is 6.17. The molecule has 0 saturated heterocycles. The van der Waals surface area contributed by atoms with Gasteiger partial charge in [-0.1, -0.05) is 5.16 Å². The minimum Gasteiger partial charge on any atom is -0.361 e. The second kappa shape index (κ2) is 7.28. The smallest absolute Gasteiger partial charge is 0.230 e. The van der Waals surface area contributed by atoms with Crippen molar-refractivity contribution in [1.29, 1.82) is 0 Å². The molecule has 0 saturated carbocycles. The number of hydrogen-bond donors (Lipinski definition) is 1. The molecule has 2 aromatic rings. The van der Waals surface area contributed by atoms with Crippen molar-refractivity contribution in [2.75, 3.05) is 5.75 Å². The van der Waals surface area contributed by atoms with Gasteiger partial charge in [0.05, 0.1) is 21.8 Å². The van der Waals surface area contributed by atoms with Gasteiger partial charge in [-0.05, 0) is 41.9 Å². The largest absolute Gasteiger partial charge is 0.361 e. The molecule has 0 radical (unpaired) electrons. The molecule has 7 heteroatoms. The molecule has 2 rings (SSSR count). The maximum absolute atomic E-state index is 11.7. The first kappa shape index (κ1) is 15.6. The van der Waals surface area contributed by atoms with Gasteiger partial charge in [-0.15, -0.1) is 23.1 Å².